The molecule has 1 aromatic heterocycles. The van der Waals surface area contributed by atoms with Gasteiger partial charge in [-0.05, 0) is 41.5 Å². The van der Waals surface area contributed by atoms with E-state index in [1.54, 1.807) is 12.1 Å². The number of carbonyl (C=O) groups is 2. The van der Waals surface area contributed by atoms with E-state index >= 15 is 0 Å². The van der Waals surface area contributed by atoms with Crippen LogP contribution in [0.3, 0.4) is 0 Å². The Labute approximate surface area is 164 Å². The lowest BCUT2D eigenvalue weighted by molar-refractivity contribution is -0.140. The Bertz CT molecular complexity index is 949. The lowest BCUT2D eigenvalue weighted by Crippen LogP contribution is -2.28. The van der Waals surface area contributed by atoms with Crippen LogP contribution in [-0.2, 0) is 16.1 Å². The molecular formula is C21H16BrNO4. The number of furan rings is 1. The van der Waals surface area contributed by atoms with Crippen molar-refractivity contribution >= 4 is 33.9 Å². The number of carbonyl (C=O) groups excluding carboxylic acids is 2. The summed E-state index contributed by atoms with van der Waals surface area (Å²) < 4.78 is 11.3. The Morgan fingerprint density at radius 3 is 2.56 bits per heavy atom. The van der Waals surface area contributed by atoms with Gasteiger partial charge in [0.15, 0.2) is 5.76 Å². The van der Waals surface area contributed by atoms with Crippen LogP contribution >= 0.6 is 15.9 Å². The highest BCUT2D eigenvalue weighted by molar-refractivity contribution is 9.10. The van der Waals surface area contributed by atoms with Gasteiger partial charge >= 0.3 is 5.97 Å². The van der Waals surface area contributed by atoms with Crippen molar-refractivity contribution in [2.45, 2.75) is 6.61 Å². The molecule has 0 saturated carbocycles. The molecule has 0 fully saturated rings. The number of ether oxygens (including phenoxy) is 1. The largest absolute Gasteiger partial charge is 0.459 e. The van der Waals surface area contributed by atoms with Gasteiger partial charge in [-0.3, -0.25) is 4.79 Å². The molecule has 1 heterocycles. The second-order valence-electron chi connectivity index (χ2n) is 5.61. The average Bonchev–Trinajstić information content (AvgIpc) is 3.21. The standard InChI is InChI=1S/C21H16BrNO4/c22-17-9-4-8-16(12-17)13-18(23-20(24)19-10-5-11-26-19)21(25)27-14-15-6-2-1-3-7-15/h1-13H,14H2,(H,23,24)/b18-13-. The summed E-state index contributed by atoms with van der Waals surface area (Å²) in [5, 5.41) is 2.56. The van der Waals surface area contributed by atoms with Gasteiger partial charge in [-0.25, -0.2) is 4.79 Å². The van der Waals surface area contributed by atoms with Crippen LogP contribution in [0.15, 0.2) is 87.6 Å². The molecule has 0 aliphatic carbocycles. The minimum Gasteiger partial charge on any atom is -0.459 e. The molecule has 2 aromatic carbocycles. The molecule has 3 rings (SSSR count). The fourth-order valence-corrected chi connectivity index (χ4v) is 2.72. The number of amides is 1. The van der Waals surface area contributed by atoms with Crippen molar-refractivity contribution in [2.24, 2.45) is 0 Å². The summed E-state index contributed by atoms with van der Waals surface area (Å²) in [5.74, 6) is -1.07. The van der Waals surface area contributed by atoms with E-state index in [0.29, 0.717) is 0 Å². The molecule has 3 aromatic rings. The Morgan fingerprint density at radius 2 is 1.85 bits per heavy atom. The summed E-state index contributed by atoms with van der Waals surface area (Å²) in [6.45, 7) is 0.103. The highest BCUT2D eigenvalue weighted by Gasteiger charge is 2.17. The second kappa shape index (κ2) is 9.00. The average molecular weight is 426 g/mol. The van der Waals surface area contributed by atoms with Crippen molar-refractivity contribution in [1.29, 1.82) is 0 Å². The Kier molecular flexibility index (Phi) is 6.22. The van der Waals surface area contributed by atoms with E-state index in [4.69, 9.17) is 9.15 Å². The quantitative estimate of drug-likeness (QED) is 0.464. The van der Waals surface area contributed by atoms with Gasteiger partial charge in [0.25, 0.3) is 5.91 Å². The molecule has 1 amide bonds. The van der Waals surface area contributed by atoms with Crippen molar-refractivity contribution in [1.82, 2.24) is 5.32 Å². The zero-order valence-electron chi connectivity index (χ0n) is 14.2. The van der Waals surface area contributed by atoms with E-state index in [1.807, 2.05) is 54.6 Å². The molecule has 5 nitrogen and oxygen atoms in total. The normalized spacial score (nSPS) is 11.1. The van der Waals surface area contributed by atoms with Crippen molar-refractivity contribution in [3.05, 3.63) is 100 Å². The highest BCUT2D eigenvalue weighted by Crippen LogP contribution is 2.15. The van der Waals surface area contributed by atoms with Gasteiger partial charge in [0.2, 0.25) is 0 Å². The van der Waals surface area contributed by atoms with Crippen LogP contribution in [0.4, 0.5) is 0 Å². The van der Waals surface area contributed by atoms with Gasteiger partial charge in [-0.15, -0.1) is 0 Å². The molecule has 6 heteroatoms. The van der Waals surface area contributed by atoms with Crippen LogP contribution in [0.1, 0.15) is 21.7 Å². The minimum absolute atomic E-state index is 0.0189. The Balaban J connectivity index is 1.80. The smallest absolute Gasteiger partial charge is 0.355 e. The SMILES string of the molecule is O=C(OCc1ccccc1)/C(=C/c1cccc(Br)c1)NC(=O)c1ccco1. The lowest BCUT2D eigenvalue weighted by atomic mass is 10.2. The molecule has 0 spiro atoms. The topological polar surface area (TPSA) is 68.5 Å². The maximum absolute atomic E-state index is 12.6. The first-order valence-electron chi connectivity index (χ1n) is 8.15. The second-order valence-corrected chi connectivity index (χ2v) is 6.52. The van der Waals surface area contributed by atoms with E-state index in [2.05, 4.69) is 21.2 Å². The summed E-state index contributed by atoms with van der Waals surface area (Å²) in [5.41, 5.74) is 1.60. The van der Waals surface area contributed by atoms with Crippen molar-refractivity contribution < 1.29 is 18.7 Å². The van der Waals surface area contributed by atoms with Gasteiger partial charge in [0, 0.05) is 4.47 Å². The van der Waals surface area contributed by atoms with E-state index in [0.717, 1.165) is 15.6 Å². The van der Waals surface area contributed by atoms with Crippen LogP contribution in [0.2, 0.25) is 0 Å². The zero-order chi connectivity index (χ0) is 19.1. The molecule has 27 heavy (non-hydrogen) atoms. The summed E-state index contributed by atoms with van der Waals surface area (Å²) in [7, 11) is 0. The van der Waals surface area contributed by atoms with Gasteiger partial charge in [-0.1, -0.05) is 58.4 Å². The van der Waals surface area contributed by atoms with Crippen molar-refractivity contribution in [3.8, 4) is 0 Å². The molecule has 0 atom stereocenters. The predicted octanol–water partition coefficient (Wildman–Crippen LogP) is 4.56. The van der Waals surface area contributed by atoms with Crippen LogP contribution in [-0.4, -0.2) is 11.9 Å². The lowest BCUT2D eigenvalue weighted by Gasteiger charge is -2.10. The van der Waals surface area contributed by atoms with Crippen LogP contribution in [0.25, 0.3) is 6.08 Å². The molecule has 0 bridgehead atoms. The molecule has 0 unspecified atom stereocenters. The number of hydrogen-bond donors (Lipinski definition) is 1. The predicted molar refractivity (Wildman–Crippen MR) is 105 cm³/mol. The monoisotopic (exact) mass is 425 g/mol. The maximum Gasteiger partial charge on any atom is 0.355 e. The van der Waals surface area contributed by atoms with Crippen LogP contribution in [0.5, 0.6) is 0 Å². The van der Waals surface area contributed by atoms with Crippen LogP contribution in [0, 0.1) is 0 Å². The van der Waals surface area contributed by atoms with Crippen molar-refractivity contribution in [2.75, 3.05) is 0 Å². The number of hydrogen-bond acceptors (Lipinski definition) is 4. The number of benzene rings is 2. The van der Waals surface area contributed by atoms with E-state index in [9.17, 15) is 9.59 Å². The first-order valence-corrected chi connectivity index (χ1v) is 8.94. The van der Waals surface area contributed by atoms with Gasteiger partial charge in [0.05, 0.1) is 6.26 Å². The molecule has 0 saturated heterocycles. The van der Waals surface area contributed by atoms with E-state index < -0.39 is 11.9 Å². The van der Waals surface area contributed by atoms with E-state index in [1.165, 1.54) is 12.3 Å². The van der Waals surface area contributed by atoms with Gasteiger partial charge in [-0.2, -0.15) is 0 Å². The fraction of sp³-hybridized carbons (Fsp3) is 0.0476. The third kappa shape index (κ3) is 5.43. The number of halogens is 1. The third-order valence-electron chi connectivity index (χ3n) is 3.59. The summed E-state index contributed by atoms with van der Waals surface area (Å²) in [6.07, 6.45) is 2.94. The highest BCUT2D eigenvalue weighted by atomic mass is 79.9. The first kappa shape index (κ1) is 18.7. The molecule has 0 aliphatic heterocycles. The summed E-state index contributed by atoms with van der Waals surface area (Å²) in [4.78, 5) is 24.9. The Hall–Kier alpha value is -3.12. The van der Waals surface area contributed by atoms with E-state index in [-0.39, 0.29) is 18.1 Å². The molecular weight excluding hydrogens is 410 g/mol. The minimum atomic E-state index is -0.640. The van der Waals surface area contributed by atoms with Crippen molar-refractivity contribution in [3.63, 3.8) is 0 Å². The van der Waals surface area contributed by atoms with Crippen LogP contribution < -0.4 is 5.32 Å². The first-order chi connectivity index (χ1) is 13.1. The Morgan fingerprint density at radius 1 is 1.04 bits per heavy atom. The van der Waals surface area contributed by atoms with Gasteiger partial charge < -0.3 is 14.5 Å². The summed E-state index contributed by atoms with van der Waals surface area (Å²) in [6, 6.07) is 19.8. The van der Waals surface area contributed by atoms with Gasteiger partial charge in [0.1, 0.15) is 12.3 Å². The molecule has 136 valence electrons. The third-order valence-corrected chi connectivity index (χ3v) is 4.08. The molecule has 0 radical (unpaired) electrons. The molecule has 0 aliphatic rings. The summed E-state index contributed by atoms with van der Waals surface area (Å²) >= 11 is 3.39. The number of rotatable bonds is 6. The number of nitrogens with one attached hydrogen (secondary N) is 1. The fourth-order valence-electron chi connectivity index (χ4n) is 2.30. The number of esters is 1. The maximum atomic E-state index is 12.6. The molecule has 1 N–H and O–H groups in total. The zero-order valence-corrected chi connectivity index (χ0v) is 15.8.